The number of pyridine rings is 2. The van der Waals surface area contributed by atoms with E-state index in [-0.39, 0.29) is 17.8 Å². The molecule has 0 aliphatic carbocycles. The van der Waals surface area contributed by atoms with Gasteiger partial charge in [0.15, 0.2) is 0 Å². The number of rotatable bonds is 5. The summed E-state index contributed by atoms with van der Waals surface area (Å²) < 4.78 is 0. The summed E-state index contributed by atoms with van der Waals surface area (Å²) in [4.78, 5) is 33.0. The molecule has 0 spiro atoms. The Morgan fingerprint density at radius 1 is 0.906 bits per heavy atom. The van der Waals surface area contributed by atoms with Gasteiger partial charge in [-0.2, -0.15) is 0 Å². The maximum Gasteiger partial charge on any atom is 0.289 e. The SMILES string of the molecule is C[C@H](NC(=O)c1ncc(-c2c[nH]c3ncc(-c4ccncc4)cc23)cn1)c1ccccc1. The Bertz CT molecular complexity index is 1360. The predicted octanol–water partition coefficient (Wildman–Crippen LogP) is 4.57. The fraction of sp³-hybridized carbons (Fsp3) is 0.0800. The highest BCUT2D eigenvalue weighted by molar-refractivity contribution is 5.96. The lowest BCUT2D eigenvalue weighted by Crippen LogP contribution is -2.28. The van der Waals surface area contributed by atoms with Gasteiger partial charge in [-0.3, -0.25) is 9.78 Å². The van der Waals surface area contributed by atoms with Crippen LogP contribution in [-0.4, -0.2) is 30.8 Å². The van der Waals surface area contributed by atoms with Crippen molar-refractivity contribution in [3.8, 4) is 22.3 Å². The van der Waals surface area contributed by atoms with Crippen molar-refractivity contribution in [3.63, 3.8) is 0 Å². The van der Waals surface area contributed by atoms with E-state index in [1.807, 2.05) is 61.8 Å². The molecule has 0 radical (unpaired) electrons. The maximum atomic E-state index is 12.6. The minimum absolute atomic E-state index is 0.131. The van der Waals surface area contributed by atoms with Crippen molar-refractivity contribution in [2.45, 2.75) is 13.0 Å². The van der Waals surface area contributed by atoms with Crippen LogP contribution in [-0.2, 0) is 0 Å². The van der Waals surface area contributed by atoms with Gasteiger partial charge in [-0.05, 0) is 36.2 Å². The lowest BCUT2D eigenvalue weighted by Gasteiger charge is -2.13. The third-order valence-electron chi connectivity index (χ3n) is 5.36. The standard InChI is InChI=1S/C25H20N6O/c1-16(17-5-3-2-4-6-17)31-25(32)24-28-13-20(14-29-24)22-15-30-23-21(22)11-19(12-27-23)18-7-9-26-10-8-18/h2-16H,1H3,(H,27,30)(H,31,32)/t16-/m0/s1. The first-order valence-corrected chi connectivity index (χ1v) is 10.2. The first-order valence-electron chi connectivity index (χ1n) is 10.2. The number of hydrogen-bond donors (Lipinski definition) is 2. The second kappa shape index (κ2) is 8.39. The highest BCUT2D eigenvalue weighted by Gasteiger charge is 2.15. The van der Waals surface area contributed by atoms with Gasteiger partial charge >= 0.3 is 0 Å². The Balaban J connectivity index is 1.39. The second-order valence-electron chi connectivity index (χ2n) is 7.46. The number of H-pyrrole nitrogens is 1. The monoisotopic (exact) mass is 420 g/mol. The molecule has 32 heavy (non-hydrogen) atoms. The summed E-state index contributed by atoms with van der Waals surface area (Å²) in [7, 11) is 0. The molecule has 1 amide bonds. The zero-order chi connectivity index (χ0) is 21.9. The lowest BCUT2D eigenvalue weighted by atomic mass is 10.0. The molecule has 2 N–H and O–H groups in total. The number of carbonyl (C=O) groups is 1. The molecular weight excluding hydrogens is 400 g/mol. The van der Waals surface area contributed by atoms with Crippen LogP contribution in [0.4, 0.5) is 0 Å². The van der Waals surface area contributed by atoms with E-state index in [9.17, 15) is 4.79 Å². The molecule has 0 bridgehead atoms. The number of hydrogen-bond acceptors (Lipinski definition) is 5. The molecule has 0 fully saturated rings. The summed E-state index contributed by atoms with van der Waals surface area (Å²) in [5, 5.41) is 3.89. The number of benzene rings is 1. The Morgan fingerprint density at radius 2 is 1.62 bits per heavy atom. The average molecular weight is 420 g/mol. The van der Waals surface area contributed by atoms with Crippen molar-refractivity contribution < 1.29 is 4.79 Å². The Morgan fingerprint density at radius 3 is 2.38 bits per heavy atom. The van der Waals surface area contributed by atoms with Gasteiger partial charge in [0.25, 0.3) is 5.91 Å². The molecule has 1 atom stereocenters. The van der Waals surface area contributed by atoms with Crippen LogP contribution in [0.25, 0.3) is 33.3 Å². The summed E-state index contributed by atoms with van der Waals surface area (Å²) in [6.45, 7) is 1.93. The zero-order valence-electron chi connectivity index (χ0n) is 17.4. The average Bonchev–Trinajstić information content (AvgIpc) is 3.28. The van der Waals surface area contributed by atoms with Crippen LogP contribution in [0.5, 0.6) is 0 Å². The third kappa shape index (κ3) is 3.83. The van der Waals surface area contributed by atoms with Gasteiger partial charge < -0.3 is 10.3 Å². The Kier molecular flexibility index (Phi) is 5.13. The summed E-state index contributed by atoms with van der Waals surface area (Å²) in [5.41, 5.74) is 5.56. The smallest absolute Gasteiger partial charge is 0.289 e. The summed E-state index contributed by atoms with van der Waals surface area (Å²) in [6.07, 6.45) is 10.6. The molecule has 1 aromatic carbocycles. The number of nitrogens with zero attached hydrogens (tertiary/aromatic N) is 4. The number of fused-ring (bicyclic) bond motifs is 1. The fourth-order valence-corrected chi connectivity index (χ4v) is 3.62. The van der Waals surface area contributed by atoms with Gasteiger partial charge in [0.1, 0.15) is 5.65 Å². The topological polar surface area (TPSA) is 96.5 Å². The highest BCUT2D eigenvalue weighted by atomic mass is 16.2. The van der Waals surface area contributed by atoms with Gasteiger partial charge in [0.2, 0.25) is 5.82 Å². The number of nitrogens with one attached hydrogen (secondary N) is 2. The first kappa shape index (κ1) is 19.6. The van der Waals surface area contributed by atoms with Crippen LogP contribution in [0.15, 0.2) is 85.7 Å². The summed E-state index contributed by atoms with van der Waals surface area (Å²) in [5.74, 6) is -0.180. The number of aromatic nitrogens is 5. The Hall–Kier alpha value is -4.39. The molecule has 0 saturated carbocycles. The number of amides is 1. The number of carbonyl (C=O) groups excluding carboxylic acids is 1. The van der Waals surface area contributed by atoms with Crippen molar-refractivity contribution in [2.75, 3.05) is 0 Å². The fourth-order valence-electron chi connectivity index (χ4n) is 3.62. The largest absolute Gasteiger partial charge is 0.346 e. The van der Waals surface area contributed by atoms with Gasteiger partial charge in [0.05, 0.1) is 6.04 Å². The van der Waals surface area contributed by atoms with Crippen molar-refractivity contribution in [3.05, 3.63) is 97.1 Å². The molecule has 0 aliphatic rings. The van der Waals surface area contributed by atoms with Crippen LogP contribution >= 0.6 is 0 Å². The van der Waals surface area contributed by atoms with Crippen molar-refractivity contribution >= 4 is 16.9 Å². The molecule has 0 unspecified atom stereocenters. The van der Waals surface area contributed by atoms with E-state index >= 15 is 0 Å². The van der Waals surface area contributed by atoms with E-state index in [0.29, 0.717) is 0 Å². The highest BCUT2D eigenvalue weighted by Crippen LogP contribution is 2.30. The van der Waals surface area contributed by atoms with E-state index in [0.717, 1.165) is 38.9 Å². The van der Waals surface area contributed by atoms with Gasteiger partial charge in [0, 0.05) is 59.3 Å². The van der Waals surface area contributed by atoms with Crippen LogP contribution in [0.2, 0.25) is 0 Å². The molecule has 4 aromatic heterocycles. The van der Waals surface area contributed by atoms with Gasteiger partial charge in [-0.25, -0.2) is 15.0 Å². The lowest BCUT2D eigenvalue weighted by molar-refractivity contribution is 0.0929. The van der Waals surface area contributed by atoms with E-state index in [2.05, 4.69) is 36.3 Å². The van der Waals surface area contributed by atoms with E-state index < -0.39 is 0 Å². The van der Waals surface area contributed by atoms with Gasteiger partial charge in [-0.1, -0.05) is 30.3 Å². The van der Waals surface area contributed by atoms with Crippen LogP contribution < -0.4 is 5.32 Å². The van der Waals surface area contributed by atoms with Crippen LogP contribution in [0, 0.1) is 0 Å². The maximum absolute atomic E-state index is 12.6. The normalized spacial score (nSPS) is 11.9. The van der Waals surface area contributed by atoms with Crippen molar-refractivity contribution in [1.29, 1.82) is 0 Å². The molecule has 7 heteroatoms. The van der Waals surface area contributed by atoms with Crippen molar-refractivity contribution in [2.24, 2.45) is 0 Å². The molecular formula is C25H20N6O. The summed E-state index contributed by atoms with van der Waals surface area (Å²) in [6, 6.07) is 15.6. The molecule has 0 aliphatic heterocycles. The molecule has 4 heterocycles. The van der Waals surface area contributed by atoms with Gasteiger partial charge in [-0.15, -0.1) is 0 Å². The minimum Gasteiger partial charge on any atom is -0.346 e. The molecule has 7 nitrogen and oxygen atoms in total. The second-order valence-corrected chi connectivity index (χ2v) is 7.46. The third-order valence-corrected chi connectivity index (χ3v) is 5.36. The van der Waals surface area contributed by atoms with E-state index in [4.69, 9.17) is 0 Å². The zero-order valence-corrected chi connectivity index (χ0v) is 17.4. The Labute approximate surface area is 184 Å². The van der Waals surface area contributed by atoms with Crippen molar-refractivity contribution in [1.82, 2.24) is 30.2 Å². The van der Waals surface area contributed by atoms with Crippen LogP contribution in [0.3, 0.4) is 0 Å². The molecule has 156 valence electrons. The molecule has 5 rings (SSSR count). The van der Waals surface area contributed by atoms with E-state index in [1.165, 1.54) is 0 Å². The predicted molar refractivity (Wildman–Crippen MR) is 123 cm³/mol. The number of aromatic amines is 1. The van der Waals surface area contributed by atoms with Crippen LogP contribution in [0.1, 0.15) is 29.1 Å². The molecule has 5 aromatic rings. The van der Waals surface area contributed by atoms with E-state index in [1.54, 1.807) is 24.8 Å². The quantitative estimate of drug-likeness (QED) is 0.434. The minimum atomic E-state index is -0.312. The molecule has 0 saturated heterocycles. The summed E-state index contributed by atoms with van der Waals surface area (Å²) >= 11 is 0. The first-order chi connectivity index (χ1) is 15.7.